The molecule has 2 aromatic rings. The largest absolute Gasteiger partial charge is 0.356 e. The van der Waals surface area contributed by atoms with Crippen molar-refractivity contribution in [3.63, 3.8) is 0 Å². The molecule has 0 aliphatic carbocycles. The molecule has 6 heteroatoms. The summed E-state index contributed by atoms with van der Waals surface area (Å²) in [5.74, 6) is 2.38. The zero-order valence-electron chi connectivity index (χ0n) is 13.2. The third-order valence-corrected chi connectivity index (χ3v) is 7.04. The number of carbonyl (C=O) groups excluding carboxylic acids is 1. The van der Waals surface area contributed by atoms with Gasteiger partial charge in [0.1, 0.15) is 5.82 Å². The highest BCUT2D eigenvalue weighted by Crippen LogP contribution is 2.39. The summed E-state index contributed by atoms with van der Waals surface area (Å²) < 4.78 is 0. The van der Waals surface area contributed by atoms with Crippen LogP contribution in [0.3, 0.4) is 0 Å². The van der Waals surface area contributed by atoms with Gasteiger partial charge in [-0.2, -0.15) is 0 Å². The zero-order valence-corrected chi connectivity index (χ0v) is 14.8. The van der Waals surface area contributed by atoms with Crippen LogP contribution in [0, 0.1) is 0 Å². The van der Waals surface area contributed by atoms with Crippen molar-refractivity contribution in [1.82, 2.24) is 15.3 Å². The molecule has 2 N–H and O–H groups in total. The Hall–Kier alpha value is -1.14. The second kappa shape index (κ2) is 8.64. The molecular weight excluding hydrogens is 326 g/mol. The van der Waals surface area contributed by atoms with E-state index < -0.39 is 0 Å². The van der Waals surface area contributed by atoms with Crippen molar-refractivity contribution in [3.8, 4) is 0 Å². The van der Waals surface area contributed by atoms with Crippen LogP contribution >= 0.6 is 21.6 Å². The number of H-pyrrole nitrogens is 1. The summed E-state index contributed by atoms with van der Waals surface area (Å²) in [4.78, 5) is 19.7. The Morgan fingerprint density at radius 1 is 1.35 bits per heavy atom. The molecule has 1 aliphatic heterocycles. The summed E-state index contributed by atoms with van der Waals surface area (Å²) in [5, 5.41) is 3.81. The van der Waals surface area contributed by atoms with Crippen LogP contribution in [0.4, 0.5) is 0 Å². The number of carbonyl (C=O) groups is 1. The van der Waals surface area contributed by atoms with Crippen molar-refractivity contribution < 1.29 is 4.79 Å². The smallest absolute Gasteiger partial charge is 0.220 e. The maximum Gasteiger partial charge on any atom is 0.220 e. The van der Waals surface area contributed by atoms with E-state index in [2.05, 4.69) is 15.3 Å². The number of benzene rings is 1. The van der Waals surface area contributed by atoms with E-state index in [4.69, 9.17) is 0 Å². The molecule has 1 aromatic heterocycles. The molecule has 0 spiro atoms. The van der Waals surface area contributed by atoms with Gasteiger partial charge in [0, 0.05) is 30.4 Å². The fourth-order valence-electron chi connectivity index (χ4n) is 2.75. The predicted octanol–water partition coefficient (Wildman–Crippen LogP) is 3.94. The van der Waals surface area contributed by atoms with E-state index in [1.54, 1.807) is 0 Å². The van der Waals surface area contributed by atoms with Crippen molar-refractivity contribution in [1.29, 1.82) is 0 Å². The van der Waals surface area contributed by atoms with Crippen molar-refractivity contribution in [2.45, 2.75) is 43.8 Å². The van der Waals surface area contributed by atoms with E-state index in [0.717, 1.165) is 41.4 Å². The quantitative estimate of drug-likeness (QED) is 0.560. The number of unbranched alkanes of at least 4 members (excludes halogenated alkanes) is 1. The first-order valence-electron chi connectivity index (χ1n) is 8.30. The van der Waals surface area contributed by atoms with Gasteiger partial charge in [-0.15, -0.1) is 0 Å². The van der Waals surface area contributed by atoms with Gasteiger partial charge in [0.05, 0.1) is 11.0 Å². The van der Waals surface area contributed by atoms with Crippen LogP contribution in [0.2, 0.25) is 0 Å². The molecule has 0 saturated carbocycles. The molecule has 3 rings (SSSR count). The van der Waals surface area contributed by atoms with Gasteiger partial charge in [0.25, 0.3) is 0 Å². The molecule has 1 aromatic carbocycles. The Balaban J connectivity index is 1.29. The average Bonchev–Trinajstić information content (AvgIpc) is 3.20. The molecule has 0 unspecified atom stereocenters. The normalized spacial score (nSPS) is 17.7. The van der Waals surface area contributed by atoms with E-state index in [9.17, 15) is 4.79 Å². The van der Waals surface area contributed by atoms with Gasteiger partial charge in [-0.25, -0.2) is 4.98 Å². The molecule has 1 saturated heterocycles. The van der Waals surface area contributed by atoms with Crippen molar-refractivity contribution in [2.75, 3.05) is 12.3 Å². The lowest BCUT2D eigenvalue weighted by atomic mass is 10.1. The Morgan fingerprint density at radius 2 is 2.26 bits per heavy atom. The van der Waals surface area contributed by atoms with E-state index in [1.807, 2.05) is 45.9 Å². The molecule has 1 amide bonds. The van der Waals surface area contributed by atoms with Crippen molar-refractivity contribution in [2.24, 2.45) is 0 Å². The first-order chi connectivity index (χ1) is 11.3. The molecule has 0 radical (unpaired) electrons. The van der Waals surface area contributed by atoms with E-state index >= 15 is 0 Å². The second-order valence-electron chi connectivity index (χ2n) is 5.88. The first kappa shape index (κ1) is 16.7. The molecule has 2 heterocycles. The minimum atomic E-state index is 0.162. The van der Waals surface area contributed by atoms with Crippen LogP contribution < -0.4 is 5.32 Å². The number of hydrogen-bond donors (Lipinski definition) is 2. The summed E-state index contributed by atoms with van der Waals surface area (Å²) in [6, 6.07) is 7.99. The molecule has 1 atom stereocenters. The lowest BCUT2D eigenvalue weighted by Gasteiger charge is -2.07. The molecule has 124 valence electrons. The van der Waals surface area contributed by atoms with Crippen LogP contribution in [-0.2, 0) is 11.2 Å². The Kier molecular flexibility index (Phi) is 6.28. The molecule has 0 bridgehead atoms. The van der Waals surface area contributed by atoms with Crippen LogP contribution in [0.1, 0.15) is 37.9 Å². The van der Waals surface area contributed by atoms with Gasteiger partial charge in [-0.3, -0.25) is 4.79 Å². The van der Waals surface area contributed by atoms with Gasteiger partial charge in [0.2, 0.25) is 5.91 Å². The van der Waals surface area contributed by atoms with Gasteiger partial charge in [0.15, 0.2) is 0 Å². The van der Waals surface area contributed by atoms with E-state index in [-0.39, 0.29) is 5.91 Å². The standard InChI is InChI=1S/C17H23N3OS2/c21-17(8-4-1-5-13-10-12-22-23-13)18-11-9-16-19-14-6-2-3-7-15(14)20-16/h2-3,6-7,13H,1,4-5,8-12H2,(H,18,21)(H,19,20)/t13-/m0/s1. The molecular formula is C17H23N3OS2. The lowest BCUT2D eigenvalue weighted by Crippen LogP contribution is -2.25. The number of hydrogen-bond acceptors (Lipinski definition) is 4. The summed E-state index contributed by atoms with van der Waals surface area (Å²) in [7, 11) is 4.01. The number of nitrogens with one attached hydrogen (secondary N) is 2. The van der Waals surface area contributed by atoms with Crippen LogP contribution in [0.15, 0.2) is 24.3 Å². The number of aromatic amines is 1. The summed E-state index contributed by atoms with van der Waals surface area (Å²) in [6.45, 7) is 0.647. The molecule has 4 nitrogen and oxygen atoms in total. The van der Waals surface area contributed by atoms with E-state index in [0.29, 0.717) is 13.0 Å². The fraction of sp³-hybridized carbons (Fsp3) is 0.529. The van der Waals surface area contributed by atoms with Crippen LogP contribution in [0.5, 0.6) is 0 Å². The molecule has 1 fully saturated rings. The maximum absolute atomic E-state index is 11.9. The monoisotopic (exact) mass is 349 g/mol. The van der Waals surface area contributed by atoms with E-state index in [1.165, 1.54) is 18.6 Å². The zero-order chi connectivity index (χ0) is 15.9. The minimum absolute atomic E-state index is 0.162. The minimum Gasteiger partial charge on any atom is -0.356 e. The number of nitrogens with zero attached hydrogens (tertiary/aromatic N) is 1. The van der Waals surface area contributed by atoms with Gasteiger partial charge in [-0.1, -0.05) is 40.1 Å². The SMILES string of the molecule is O=C(CCCC[C@H]1CCSS1)NCCc1nc2ccccc2[nH]1. The van der Waals surface area contributed by atoms with Crippen molar-refractivity contribution >= 4 is 38.5 Å². The summed E-state index contributed by atoms with van der Waals surface area (Å²) in [5.41, 5.74) is 2.04. The highest BCUT2D eigenvalue weighted by molar-refractivity contribution is 8.77. The predicted molar refractivity (Wildman–Crippen MR) is 99.7 cm³/mol. The maximum atomic E-state index is 11.9. The molecule has 23 heavy (non-hydrogen) atoms. The average molecular weight is 350 g/mol. The third kappa shape index (κ3) is 5.18. The lowest BCUT2D eigenvalue weighted by molar-refractivity contribution is -0.121. The van der Waals surface area contributed by atoms with Crippen LogP contribution in [0.25, 0.3) is 11.0 Å². The first-order valence-corrected chi connectivity index (χ1v) is 10.7. The number of amides is 1. The third-order valence-electron chi connectivity index (χ3n) is 4.03. The topological polar surface area (TPSA) is 57.8 Å². The van der Waals surface area contributed by atoms with Gasteiger partial charge >= 0.3 is 0 Å². The Labute approximate surface area is 145 Å². The fourth-order valence-corrected chi connectivity index (χ4v) is 5.78. The Morgan fingerprint density at radius 3 is 3.09 bits per heavy atom. The number of fused-ring (bicyclic) bond motifs is 1. The Bertz CT molecular complexity index is 605. The number of aromatic nitrogens is 2. The second-order valence-corrected chi connectivity index (χ2v) is 8.66. The highest BCUT2D eigenvalue weighted by atomic mass is 33.1. The highest BCUT2D eigenvalue weighted by Gasteiger charge is 2.15. The number of para-hydroxylation sites is 2. The van der Waals surface area contributed by atoms with Crippen LogP contribution in [-0.4, -0.2) is 33.4 Å². The molecule has 1 aliphatic rings. The van der Waals surface area contributed by atoms with Gasteiger partial charge < -0.3 is 10.3 Å². The van der Waals surface area contributed by atoms with Crippen molar-refractivity contribution in [3.05, 3.63) is 30.1 Å². The van der Waals surface area contributed by atoms with Gasteiger partial charge in [-0.05, 0) is 31.4 Å². The number of imidazole rings is 1. The summed E-state index contributed by atoms with van der Waals surface area (Å²) >= 11 is 0. The summed E-state index contributed by atoms with van der Waals surface area (Å²) in [6.07, 6.45) is 6.14. The number of rotatable bonds is 8.